The predicted molar refractivity (Wildman–Crippen MR) is 159 cm³/mol. The van der Waals surface area contributed by atoms with Crippen LogP contribution in [-0.4, -0.2) is 51.8 Å². The summed E-state index contributed by atoms with van der Waals surface area (Å²) in [5, 5.41) is 16.7. The number of carbonyl (C=O) groups excluding carboxylic acids is 2. The smallest absolute Gasteiger partial charge is 0.257 e. The number of carbonyl (C=O) groups is 2. The number of nitrogens with two attached hydrogens (primary N) is 1. The van der Waals surface area contributed by atoms with Crippen LogP contribution < -0.4 is 16.0 Å². The Morgan fingerprint density at radius 3 is 2.37 bits per heavy atom. The van der Waals surface area contributed by atoms with E-state index in [1.807, 2.05) is 73.6 Å². The summed E-state index contributed by atoms with van der Waals surface area (Å²) >= 11 is 0. The highest BCUT2D eigenvalue weighted by Crippen LogP contribution is 2.30. The average Bonchev–Trinajstić information content (AvgIpc) is 3.44. The minimum Gasteiger partial charge on any atom is -0.508 e. The van der Waals surface area contributed by atoms with E-state index in [4.69, 9.17) is 10.8 Å². The molecule has 41 heavy (non-hydrogen) atoms. The van der Waals surface area contributed by atoms with Gasteiger partial charge >= 0.3 is 0 Å². The normalized spacial score (nSPS) is 11.6. The van der Waals surface area contributed by atoms with Crippen molar-refractivity contribution >= 4 is 17.5 Å². The van der Waals surface area contributed by atoms with Crippen LogP contribution in [0.15, 0.2) is 103 Å². The van der Waals surface area contributed by atoms with Crippen molar-refractivity contribution in [3.8, 4) is 34.1 Å². The Hall–Kier alpha value is -5.28. The molecule has 2 amide bonds. The van der Waals surface area contributed by atoms with Gasteiger partial charge in [-0.3, -0.25) is 14.9 Å². The third kappa shape index (κ3) is 6.32. The molecule has 0 radical (unpaired) electrons. The number of aromatic nitrogens is 3. The SMILES string of the molecule is CN(C)c1cccc(-c2cc(-c3ccc(C(=O)NC(=O)C(N)Cc4ccc(O)cc4)cc3)n(-c3ccccn3)n2)c1. The molecule has 0 saturated heterocycles. The predicted octanol–water partition coefficient (Wildman–Crippen LogP) is 4.20. The number of aromatic hydroxyl groups is 1. The molecule has 206 valence electrons. The number of hydrogen-bond donors (Lipinski definition) is 3. The van der Waals surface area contributed by atoms with Crippen LogP contribution in [0.4, 0.5) is 5.69 Å². The lowest BCUT2D eigenvalue weighted by Gasteiger charge is -2.12. The molecule has 4 N–H and O–H groups in total. The first-order valence-electron chi connectivity index (χ1n) is 13.1. The lowest BCUT2D eigenvalue weighted by molar-refractivity contribution is -0.121. The highest BCUT2D eigenvalue weighted by Gasteiger charge is 2.19. The van der Waals surface area contributed by atoms with Gasteiger partial charge in [0.2, 0.25) is 5.91 Å². The lowest BCUT2D eigenvalue weighted by Crippen LogP contribution is -2.44. The number of amides is 2. The molecule has 1 unspecified atom stereocenters. The summed E-state index contributed by atoms with van der Waals surface area (Å²) in [6, 6.07) is 28.2. The van der Waals surface area contributed by atoms with Gasteiger partial charge in [0.15, 0.2) is 5.82 Å². The molecular formula is C32H30N6O3. The van der Waals surface area contributed by atoms with E-state index in [-0.39, 0.29) is 12.2 Å². The Balaban J connectivity index is 1.37. The van der Waals surface area contributed by atoms with Gasteiger partial charge in [0.05, 0.1) is 17.4 Å². The van der Waals surface area contributed by atoms with Crippen molar-refractivity contribution in [3.63, 3.8) is 0 Å². The minimum absolute atomic E-state index is 0.128. The number of phenolic OH excluding ortho intramolecular Hbond substituents is 1. The van der Waals surface area contributed by atoms with E-state index in [2.05, 4.69) is 16.4 Å². The topological polar surface area (TPSA) is 126 Å². The molecule has 0 aliphatic carbocycles. The largest absolute Gasteiger partial charge is 0.508 e. The summed E-state index contributed by atoms with van der Waals surface area (Å²) in [5.74, 6) is -0.331. The van der Waals surface area contributed by atoms with Crippen LogP contribution >= 0.6 is 0 Å². The molecule has 3 aromatic carbocycles. The first-order chi connectivity index (χ1) is 19.8. The van der Waals surface area contributed by atoms with E-state index in [0.717, 1.165) is 33.8 Å². The van der Waals surface area contributed by atoms with Gasteiger partial charge in [0.25, 0.3) is 5.91 Å². The summed E-state index contributed by atoms with van der Waals surface area (Å²) in [6.07, 6.45) is 1.94. The molecule has 0 fully saturated rings. The monoisotopic (exact) mass is 546 g/mol. The molecule has 9 heteroatoms. The Bertz CT molecular complexity index is 1660. The highest BCUT2D eigenvalue weighted by atomic mass is 16.3. The van der Waals surface area contributed by atoms with Crippen molar-refractivity contribution in [1.82, 2.24) is 20.1 Å². The molecule has 1 atom stereocenters. The molecular weight excluding hydrogens is 516 g/mol. The van der Waals surface area contributed by atoms with Gasteiger partial charge in [0.1, 0.15) is 5.75 Å². The van der Waals surface area contributed by atoms with Gasteiger partial charge in [-0.15, -0.1) is 0 Å². The molecule has 0 spiro atoms. The Labute approximate surface area is 237 Å². The van der Waals surface area contributed by atoms with Crippen molar-refractivity contribution in [2.75, 3.05) is 19.0 Å². The number of benzene rings is 3. The average molecular weight is 547 g/mol. The van der Waals surface area contributed by atoms with Crippen LogP contribution in [0.25, 0.3) is 28.3 Å². The van der Waals surface area contributed by atoms with Crippen LogP contribution in [0, 0.1) is 0 Å². The number of rotatable bonds is 8. The second-order valence-corrected chi connectivity index (χ2v) is 9.83. The van der Waals surface area contributed by atoms with Gasteiger partial charge < -0.3 is 15.7 Å². The molecule has 5 aromatic rings. The second kappa shape index (κ2) is 11.8. The zero-order valence-electron chi connectivity index (χ0n) is 22.7. The zero-order chi connectivity index (χ0) is 28.9. The third-order valence-electron chi connectivity index (χ3n) is 6.64. The Morgan fingerprint density at radius 1 is 0.927 bits per heavy atom. The van der Waals surface area contributed by atoms with Crippen LogP contribution in [0.5, 0.6) is 5.75 Å². The van der Waals surface area contributed by atoms with Crippen LogP contribution in [0.1, 0.15) is 15.9 Å². The summed E-state index contributed by atoms with van der Waals surface area (Å²) in [6.45, 7) is 0. The van der Waals surface area contributed by atoms with E-state index in [9.17, 15) is 14.7 Å². The molecule has 0 saturated carbocycles. The lowest BCUT2D eigenvalue weighted by atomic mass is 10.0. The molecule has 2 heterocycles. The van der Waals surface area contributed by atoms with E-state index < -0.39 is 17.9 Å². The van der Waals surface area contributed by atoms with Crippen molar-refractivity contribution < 1.29 is 14.7 Å². The molecule has 2 aromatic heterocycles. The maximum atomic E-state index is 12.8. The van der Waals surface area contributed by atoms with Gasteiger partial charge in [-0.2, -0.15) is 5.10 Å². The molecule has 5 rings (SSSR count). The fraction of sp³-hybridized carbons (Fsp3) is 0.125. The van der Waals surface area contributed by atoms with E-state index in [1.54, 1.807) is 35.1 Å². The number of imide groups is 1. The van der Waals surface area contributed by atoms with Gasteiger partial charge in [-0.1, -0.05) is 42.5 Å². The second-order valence-electron chi connectivity index (χ2n) is 9.83. The van der Waals surface area contributed by atoms with Crippen LogP contribution in [0.2, 0.25) is 0 Å². The number of anilines is 1. The molecule has 0 aliphatic heterocycles. The van der Waals surface area contributed by atoms with Crippen molar-refractivity contribution in [3.05, 3.63) is 114 Å². The minimum atomic E-state index is -0.917. The highest BCUT2D eigenvalue weighted by molar-refractivity contribution is 6.06. The number of hydrogen-bond acceptors (Lipinski definition) is 7. The summed E-state index contributed by atoms with van der Waals surface area (Å²) in [4.78, 5) is 31.9. The van der Waals surface area contributed by atoms with Crippen molar-refractivity contribution in [2.45, 2.75) is 12.5 Å². The first kappa shape index (κ1) is 27.3. The first-order valence-corrected chi connectivity index (χ1v) is 13.1. The fourth-order valence-corrected chi connectivity index (χ4v) is 4.37. The Kier molecular flexibility index (Phi) is 7.89. The van der Waals surface area contributed by atoms with Gasteiger partial charge in [-0.05, 0) is 66.6 Å². The van der Waals surface area contributed by atoms with E-state index in [1.165, 1.54) is 12.1 Å². The standard InChI is InChI=1S/C32H30N6O3/c1-37(2)25-7-5-6-24(19-25)28-20-29(38(36-28)30-8-3-4-17-34-30)22-11-13-23(14-12-22)31(40)35-32(41)27(33)18-21-9-15-26(39)16-10-21/h3-17,19-20,27,39H,18,33H2,1-2H3,(H,35,40,41). The summed E-state index contributed by atoms with van der Waals surface area (Å²) in [7, 11) is 3.98. The third-order valence-corrected chi connectivity index (χ3v) is 6.64. The van der Waals surface area contributed by atoms with E-state index >= 15 is 0 Å². The quantitative estimate of drug-likeness (QED) is 0.266. The van der Waals surface area contributed by atoms with Gasteiger partial charge in [0, 0.05) is 42.7 Å². The number of pyridine rings is 1. The summed E-state index contributed by atoms with van der Waals surface area (Å²) < 4.78 is 1.78. The molecule has 9 nitrogen and oxygen atoms in total. The summed E-state index contributed by atoms with van der Waals surface area (Å²) in [5.41, 5.74) is 11.5. The maximum Gasteiger partial charge on any atom is 0.257 e. The molecule has 0 aliphatic rings. The Morgan fingerprint density at radius 2 is 1.68 bits per heavy atom. The van der Waals surface area contributed by atoms with Crippen LogP contribution in [0.3, 0.4) is 0 Å². The van der Waals surface area contributed by atoms with E-state index in [0.29, 0.717) is 11.4 Å². The van der Waals surface area contributed by atoms with Crippen LogP contribution in [-0.2, 0) is 11.2 Å². The number of phenols is 1. The van der Waals surface area contributed by atoms with Gasteiger partial charge in [-0.25, -0.2) is 9.67 Å². The zero-order valence-corrected chi connectivity index (χ0v) is 22.7. The molecule has 0 bridgehead atoms. The maximum absolute atomic E-state index is 12.8. The number of nitrogens with zero attached hydrogens (tertiary/aromatic N) is 4. The fourth-order valence-electron chi connectivity index (χ4n) is 4.37. The van der Waals surface area contributed by atoms with Crippen molar-refractivity contribution in [1.29, 1.82) is 0 Å². The number of nitrogens with one attached hydrogen (secondary N) is 1. The van der Waals surface area contributed by atoms with Crippen molar-refractivity contribution in [2.24, 2.45) is 5.73 Å².